The lowest BCUT2D eigenvalue weighted by Crippen LogP contribution is -2.39. The standard InChI is InChI=1S/C22H26O6/c1-6-7-21-11-22(18(10-17(21)23)27-12-28-22)13(2)19(21)14-8-15(24-3)20(26-5)16(9-14)25-4/h6,8-10,13,19H,1,7,11-12H2,2-5H3/t13-,19+,21+,22-/m0/s1. The van der Waals surface area contributed by atoms with Gasteiger partial charge in [0, 0.05) is 23.3 Å². The summed E-state index contributed by atoms with van der Waals surface area (Å²) in [5.74, 6) is 2.30. The molecule has 150 valence electrons. The zero-order valence-corrected chi connectivity index (χ0v) is 16.7. The first-order valence-electron chi connectivity index (χ1n) is 9.41. The van der Waals surface area contributed by atoms with Gasteiger partial charge in [-0.1, -0.05) is 13.0 Å². The van der Waals surface area contributed by atoms with Crippen LogP contribution in [-0.4, -0.2) is 39.5 Å². The van der Waals surface area contributed by atoms with Crippen LogP contribution in [0.2, 0.25) is 0 Å². The quantitative estimate of drug-likeness (QED) is 0.696. The van der Waals surface area contributed by atoms with Crippen LogP contribution in [0.15, 0.2) is 36.6 Å². The van der Waals surface area contributed by atoms with Gasteiger partial charge in [-0.25, -0.2) is 0 Å². The number of hydrogen-bond donors (Lipinski definition) is 0. The Balaban J connectivity index is 1.92. The van der Waals surface area contributed by atoms with Crippen LogP contribution in [0.3, 0.4) is 0 Å². The van der Waals surface area contributed by atoms with Crippen molar-refractivity contribution < 1.29 is 28.5 Å². The number of ether oxygens (including phenoxy) is 5. The van der Waals surface area contributed by atoms with Gasteiger partial charge in [-0.15, -0.1) is 6.58 Å². The second-order valence-electron chi connectivity index (χ2n) is 7.72. The van der Waals surface area contributed by atoms with Crippen LogP contribution >= 0.6 is 0 Å². The fraction of sp³-hybridized carbons (Fsp3) is 0.500. The molecule has 1 saturated carbocycles. The van der Waals surface area contributed by atoms with Gasteiger partial charge in [0.15, 0.2) is 24.1 Å². The van der Waals surface area contributed by atoms with E-state index in [0.717, 1.165) is 5.56 Å². The molecule has 0 unspecified atom stereocenters. The number of rotatable bonds is 6. The smallest absolute Gasteiger partial charge is 0.203 e. The van der Waals surface area contributed by atoms with Crippen LogP contribution in [0.5, 0.6) is 17.2 Å². The van der Waals surface area contributed by atoms with Crippen LogP contribution in [-0.2, 0) is 14.3 Å². The summed E-state index contributed by atoms with van der Waals surface area (Å²) in [6.45, 7) is 6.22. The summed E-state index contributed by atoms with van der Waals surface area (Å²) in [5.41, 5.74) is -0.260. The molecule has 28 heavy (non-hydrogen) atoms. The minimum atomic E-state index is -0.636. The highest BCUT2D eigenvalue weighted by Gasteiger charge is 2.68. The summed E-state index contributed by atoms with van der Waals surface area (Å²) in [4.78, 5) is 13.3. The first-order chi connectivity index (χ1) is 13.5. The van der Waals surface area contributed by atoms with E-state index in [-0.39, 0.29) is 24.4 Å². The van der Waals surface area contributed by atoms with Gasteiger partial charge in [0.05, 0.1) is 21.3 Å². The largest absolute Gasteiger partial charge is 0.493 e. The Bertz CT molecular complexity index is 834. The topological polar surface area (TPSA) is 63.2 Å². The number of carbonyl (C=O) groups excluding carboxylic acids is 1. The van der Waals surface area contributed by atoms with Crippen molar-refractivity contribution in [1.29, 1.82) is 0 Å². The highest BCUT2D eigenvalue weighted by atomic mass is 16.7. The van der Waals surface area contributed by atoms with Crippen molar-refractivity contribution in [2.45, 2.75) is 31.3 Å². The van der Waals surface area contributed by atoms with E-state index in [1.54, 1.807) is 27.4 Å². The van der Waals surface area contributed by atoms with E-state index in [4.69, 9.17) is 23.7 Å². The molecular weight excluding hydrogens is 360 g/mol. The molecule has 2 aliphatic carbocycles. The van der Waals surface area contributed by atoms with E-state index in [1.165, 1.54) is 0 Å². The van der Waals surface area contributed by atoms with Crippen LogP contribution < -0.4 is 14.2 Å². The Morgan fingerprint density at radius 1 is 1.21 bits per heavy atom. The van der Waals surface area contributed by atoms with Crippen molar-refractivity contribution in [3.8, 4) is 17.2 Å². The summed E-state index contributed by atoms with van der Waals surface area (Å²) < 4.78 is 28.4. The molecule has 6 nitrogen and oxygen atoms in total. The molecule has 4 atom stereocenters. The van der Waals surface area contributed by atoms with Crippen molar-refractivity contribution in [2.24, 2.45) is 11.3 Å². The molecule has 2 bridgehead atoms. The number of hydrogen-bond acceptors (Lipinski definition) is 6. The molecule has 1 spiro atoms. The second-order valence-corrected chi connectivity index (χ2v) is 7.72. The Labute approximate surface area is 165 Å². The van der Waals surface area contributed by atoms with Crippen LogP contribution in [0.4, 0.5) is 0 Å². The molecule has 1 aromatic rings. The van der Waals surface area contributed by atoms with E-state index in [9.17, 15) is 4.79 Å². The van der Waals surface area contributed by atoms with Gasteiger partial charge in [-0.3, -0.25) is 4.79 Å². The molecule has 4 rings (SSSR count). The molecule has 1 aromatic carbocycles. The van der Waals surface area contributed by atoms with Crippen molar-refractivity contribution in [3.63, 3.8) is 0 Å². The first kappa shape index (κ1) is 18.9. The SMILES string of the molecule is C=CC[C@@]12C[C@]3(OCOC3=CC1=O)[C@@H](C)[C@@H]2c1cc(OC)c(OC)c(OC)c1. The third-order valence-corrected chi connectivity index (χ3v) is 6.66. The van der Waals surface area contributed by atoms with Crippen LogP contribution in [0.25, 0.3) is 0 Å². The monoisotopic (exact) mass is 386 g/mol. The van der Waals surface area contributed by atoms with Crippen LogP contribution in [0.1, 0.15) is 31.2 Å². The third-order valence-electron chi connectivity index (χ3n) is 6.66. The Kier molecular flexibility index (Phi) is 4.42. The minimum absolute atomic E-state index is 0.0236. The molecular formula is C22H26O6. The highest BCUT2D eigenvalue weighted by Crippen LogP contribution is 2.67. The predicted molar refractivity (Wildman–Crippen MR) is 103 cm³/mol. The molecule has 0 amide bonds. The third kappa shape index (κ3) is 2.27. The number of benzene rings is 1. The number of fused-ring (bicyclic) bond motifs is 1. The van der Waals surface area contributed by atoms with Gasteiger partial charge in [-0.05, 0) is 30.5 Å². The number of methoxy groups -OCH3 is 3. The maximum Gasteiger partial charge on any atom is 0.203 e. The highest BCUT2D eigenvalue weighted by molar-refractivity contribution is 5.99. The fourth-order valence-corrected chi connectivity index (χ4v) is 5.49. The van der Waals surface area contributed by atoms with Crippen molar-refractivity contribution in [2.75, 3.05) is 28.1 Å². The predicted octanol–water partition coefficient (Wildman–Crippen LogP) is 3.61. The minimum Gasteiger partial charge on any atom is -0.493 e. The zero-order valence-electron chi connectivity index (χ0n) is 16.7. The van der Waals surface area contributed by atoms with E-state index < -0.39 is 11.0 Å². The molecule has 1 heterocycles. The molecule has 0 radical (unpaired) electrons. The lowest BCUT2D eigenvalue weighted by atomic mass is 9.67. The van der Waals surface area contributed by atoms with E-state index in [0.29, 0.717) is 35.8 Å². The van der Waals surface area contributed by atoms with E-state index >= 15 is 0 Å². The maximum atomic E-state index is 13.3. The number of carbonyl (C=O) groups is 1. The van der Waals surface area contributed by atoms with Gasteiger partial charge in [0.2, 0.25) is 5.75 Å². The Morgan fingerprint density at radius 3 is 2.46 bits per heavy atom. The van der Waals surface area contributed by atoms with Gasteiger partial charge < -0.3 is 23.7 Å². The van der Waals surface area contributed by atoms with Crippen LogP contribution in [0, 0.1) is 11.3 Å². The molecule has 0 aromatic heterocycles. The molecule has 3 aliphatic rings. The van der Waals surface area contributed by atoms with Crippen molar-refractivity contribution in [3.05, 3.63) is 42.2 Å². The summed E-state index contributed by atoms with van der Waals surface area (Å²) >= 11 is 0. The number of ketones is 1. The Morgan fingerprint density at radius 2 is 1.89 bits per heavy atom. The summed E-state index contributed by atoms with van der Waals surface area (Å²) in [7, 11) is 4.76. The van der Waals surface area contributed by atoms with E-state index in [1.807, 2.05) is 18.2 Å². The lowest BCUT2D eigenvalue weighted by molar-refractivity contribution is -0.126. The van der Waals surface area contributed by atoms with Crippen molar-refractivity contribution >= 4 is 5.78 Å². The lowest BCUT2D eigenvalue weighted by Gasteiger charge is -2.35. The van der Waals surface area contributed by atoms with Gasteiger partial charge in [-0.2, -0.15) is 0 Å². The molecule has 6 heteroatoms. The average molecular weight is 386 g/mol. The molecule has 0 N–H and O–H groups in total. The second kappa shape index (κ2) is 6.55. The van der Waals surface area contributed by atoms with Gasteiger partial charge >= 0.3 is 0 Å². The fourth-order valence-electron chi connectivity index (χ4n) is 5.49. The summed E-state index contributed by atoms with van der Waals surface area (Å²) in [6, 6.07) is 3.88. The van der Waals surface area contributed by atoms with Crippen molar-refractivity contribution in [1.82, 2.24) is 0 Å². The maximum absolute atomic E-state index is 13.3. The zero-order chi connectivity index (χ0) is 20.1. The average Bonchev–Trinajstić information content (AvgIpc) is 3.20. The number of allylic oxidation sites excluding steroid dienone is 2. The van der Waals surface area contributed by atoms with E-state index in [2.05, 4.69) is 13.5 Å². The molecule has 1 aliphatic heterocycles. The molecule has 1 saturated heterocycles. The summed E-state index contributed by atoms with van der Waals surface area (Å²) in [6.07, 6.45) is 4.60. The van der Waals surface area contributed by atoms with Gasteiger partial charge in [0.1, 0.15) is 11.4 Å². The summed E-state index contributed by atoms with van der Waals surface area (Å²) in [5, 5.41) is 0. The Hall–Kier alpha value is -2.47. The molecule has 2 fully saturated rings. The first-order valence-corrected chi connectivity index (χ1v) is 9.41. The normalized spacial score (nSPS) is 33.0. The van der Waals surface area contributed by atoms with Gasteiger partial charge in [0.25, 0.3) is 0 Å².